The lowest BCUT2D eigenvalue weighted by molar-refractivity contribution is -0.137. The van der Waals surface area contributed by atoms with Crippen LogP contribution in [0.1, 0.15) is 25.8 Å². The molecule has 23 heavy (non-hydrogen) atoms. The van der Waals surface area contributed by atoms with Gasteiger partial charge in [-0.2, -0.15) is 0 Å². The molecule has 0 aromatic heterocycles. The van der Waals surface area contributed by atoms with Gasteiger partial charge in [0.25, 0.3) is 0 Å². The van der Waals surface area contributed by atoms with Crippen LogP contribution in [0.15, 0.2) is 30.3 Å². The number of hydrogen-bond acceptors (Lipinski definition) is 3. The summed E-state index contributed by atoms with van der Waals surface area (Å²) in [5.41, 5.74) is 0.957. The Labute approximate surface area is 138 Å². The molecule has 5 heteroatoms. The molecular formula is C18H27N3O2. The first-order valence-electron chi connectivity index (χ1n) is 8.40. The van der Waals surface area contributed by atoms with E-state index in [4.69, 9.17) is 0 Å². The van der Waals surface area contributed by atoms with Crippen molar-refractivity contribution in [2.24, 2.45) is 5.92 Å². The third kappa shape index (κ3) is 5.36. The van der Waals surface area contributed by atoms with Crippen molar-refractivity contribution in [2.75, 3.05) is 26.2 Å². The molecule has 2 rings (SSSR count). The van der Waals surface area contributed by atoms with Gasteiger partial charge in [-0.1, -0.05) is 44.2 Å². The van der Waals surface area contributed by atoms with Gasteiger partial charge < -0.3 is 15.5 Å². The number of carbonyl (C=O) groups is 2. The van der Waals surface area contributed by atoms with Gasteiger partial charge in [0.15, 0.2) is 0 Å². The van der Waals surface area contributed by atoms with Crippen molar-refractivity contribution in [2.45, 2.75) is 32.7 Å². The lowest BCUT2D eigenvalue weighted by Gasteiger charge is -2.28. The second-order valence-corrected chi connectivity index (χ2v) is 6.38. The van der Waals surface area contributed by atoms with Crippen LogP contribution in [0, 0.1) is 5.92 Å². The molecule has 0 bridgehead atoms. The number of rotatable bonds is 5. The van der Waals surface area contributed by atoms with Crippen LogP contribution in [-0.2, 0) is 16.0 Å². The lowest BCUT2D eigenvalue weighted by Crippen LogP contribution is -2.52. The monoisotopic (exact) mass is 317 g/mol. The van der Waals surface area contributed by atoms with Gasteiger partial charge in [0, 0.05) is 19.6 Å². The maximum Gasteiger partial charge on any atom is 0.245 e. The summed E-state index contributed by atoms with van der Waals surface area (Å²) in [5.74, 6) is -0.000237. The van der Waals surface area contributed by atoms with E-state index in [0.29, 0.717) is 13.0 Å². The van der Waals surface area contributed by atoms with Gasteiger partial charge in [-0.3, -0.25) is 9.59 Å². The molecule has 2 N–H and O–H groups in total. The molecule has 0 saturated carbocycles. The molecule has 1 aliphatic rings. The van der Waals surface area contributed by atoms with Gasteiger partial charge >= 0.3 is 0 Å². The minimum Gasteiger partial charge on any atom is -0.344 e. The highest BCUT2D eigenvalue weighted by Crippen LogP contribution is 2.09. The Hall–Kier alpha value is -1.88. The van der Waals surface area contributed by atoms with Crippen LogP contribution in [0.2, 0.25) is 0 Å². The summed E-state index contributed by atoms with van der Waals surface area (Å²) in [7, 11) is 0. The Bertz CT molecular complexity index is 508. The minimum atomic E-state index is -0.454. The summed E-state index contributed by atoms with van der Waals surface area (Å²) in [5, 5.41) is 6.22. The maximum atomic E-state index is 12.8. The molecule has 1 atom stereocenters. The molecule has 1 aromatic carbocycles. The molecule has 126 valence electrons. The second kappa shape index (κ2) is 8.67. The largest absolute Gasteiger partial charge is 0.344 e. The predicted octanol–water partition coefficient (Wildman–Crippen LogP) is 1.19. The van der Waals surface area contributed by atoms with Gasteiger partial charge in [-0.05, 0) is 24.4 Å². The zero-order valence-electron chi connectivity index (χ0n) is 14.0. The molecule has 0 aliphatic carbocycles. The van der Waals surface area contributed by atoms with Crippen LogP contribution in [0.5, 0.6) is 0 Å². The summed E-state index contributed by atoms with van der Waals surface area (Å²) in [6.07, 6.45) is 1.26. The molecule has 0 spiro atoms. The van der Waals surface area contributed by atoms with Gasteiger partial charge in [0.2, 0.25) is 11.8 Å². The van der Waals surface area contributed by atoms with E-state index >= 15 is 0 Å². The number of hydrogen-bond donors (Lipinski definition) is 2. The Kier molecular flexibility index (Phi) is 6.59. The molecule has 2 amide bonds. The number of nitrogens with zero attached hydrogens (tertiary/aromatic N) is 1. The fourth-order valence-corrected chi connectivity index (χ4v) is 2.78. The zero-order chi connectivity index (χ0) is 16.7. The summed E-state index contributed by atoms with van der Waals surface area (Å²) in [4.78, 5) is 26.9. The Morgan fingerprint density at radius 3 is 2.61 bits per heavy atom. The van der Waals surface area contributed by atoms with Gasteiger partial charge in [0.1, 0.15) is 6.04 Å². The summed E-state index contributed by atoms with van der Waals surface area (Å²) in [6, 6.07) is 9.15. The second-order valence-electron chi connectivity index (χ2n) is 6.38. The van der Waals surface area contributed by atoms with Crippen LogP contribution in [0.25, 0.3) is 0 Å². The molecular weight excluding hydrogens is 290 g/mol. The third-order valence-corrected chi connectivity index (χ3v) is 4.11. The van der Waals surface area contributed by atoms with Crippen molar-refractivity contribution in [3.05, 3.63) is 35.9 Å². The number of amides is 2. The smallest absolute Gasteiger partial charge is 0.245 e. The minimum absolute atomic E-state index is 0.0325. The molecule has 0 radical (unpaired) electrons. The van der Waals surface area contributed by atoms with E-state index in [-0.39, 0.29) is 17.7 Å². The highest BCUT2D eigenvalue weighted by molar-refractivity contribution is 5.88. The molecule has 1 aromatic rings. The normalized spacial score (nSPS) is 16.7. The van der Waals surface area contributed by atoms with Crippen molar-refractivity contribution in [1.82, 2.24) is 15.5 Å². The number of benzene rings is 1. The number of nitrogens with one attached hydrogen (secondary N) is 2. The highest BCUT2D eigenvalue weighted by Gasteiger charge is 2.28. The van der Waals surface area contributed by atoms with E-state index in [1.54, 1.807) is 0 Å². The van der Waals surface area contributed by atoms with Gasteiger partial charge in [-0.15, -0.1) is 0 Å². The lowest BCUT2D eigenvalue weighted by atomic mass is 10.0. The predicted molar refractivity (Wildman–Crippen MR) is 91.0 cm³/mol. The van der Waals surface area contributed by atoms with E-state index in [9.17, 15) is 9.59 Å². The molecule has 1 fully saturated rings. The van der Waals surface area contributed by atoms with Gasteiger partial charge in [0.05, 0.1) is 6.42 Å². The average molecular weight is 317 g/mol. The molecule has 5 nitrogen and oxygen atoms in total. The first kappa shape index (κ1) is 17.5. The first-order chi connectivity index (χ1) is 11.1. The summed E-state index contributed by atoms with van der Waals surface area (Å²) >= 11 is 0. The third-order valence-electron chi connectivity index (χ3n) is 4.11. The van der Waals surface area contributed by atoms with Crippen molar-refractivity contribution >= 4 is 11.8 Å². The highest BCUT2D eigenvalue weighted by atomic mass is 16.2. The van der Waals surface area contributed by atoms with Gasteiger partial charge in [-0.25, -0.2) is 0 Å². The topological polar surface area (TPSA) is 61.4 Å². The van der Waals surface area contributed by atoms with Crippen molar-refractivity contribution in [3.63, 3.8) is 0 Å². The van der Waals surface area contributed by atoms with E-state index in [0.717, 1.165) is 31.6 Å². The summed E-state index contributed by atoms with van der Waals surface area (Å²) < 4.78 is 0. The van der Waals surface area contributed by atoms with Crippen molar-refractivity contribution in [1.29, 1.82) is 0 Å². The van der Waals surface area contributed by atoms with Crippen LogP contribution in [0.3, 0.4) is 0 Å². The average Bonchev–Trinajstić information content (AvgIpc) is 2.82. The first-order valence-corrected chi connectivity index (χ1v) is 8.40. The van der Waals surface area contributed by atoms with E-state index < -0.39 is 6.04 Å². The molecule has 1 unspecified atom stereocenters. The fourth-order valence-electron chi connectivity index (χ4n) is 2.78. The Morgan fingerprint density at radius 2 is 1.91 bits per heavy atom. The molecule has 1 saturated heterocycles. The Morgan fingerprint density at radius 1 is 1.17 bits per heavy atom. The fraction of sp³-hybridized carbons (Fsp3) is 0.556. The van der Waals surface area contributed by atoms with Crippen LogP contribution >= 0.6 is 0 Å². The van der Waals surface area contributed by atoms with E-state index in [1.165, 1.54) is 0 Å². The Balaban J connectivity index is 1.97. The van der Waals surface area contributed by atoms with Crippen LogP contribution in [-0.4, -0.2) is 48.9 Å². The van der Waals surface area contributed by atoms with Crippen molar-refractivity contribution in [3.8, 4) is 0 Å². The van der Waals surface area contributed by atoms with E-state index in [1.807, 2.05) is 49.1 Å². The van der Waals surface area contributed by atoms with Crippen LogP contribution in [0.4, 0.5) is 0 Å². The zero-order valence-corrected chi connectivity index (χ0v) is 14.0. The van der Waals surface area contributed by atoms with E-state index in [2.05, 4.69) is 10.6 Å². The van der Waals surface area contributed by atoms with Crippen LogP contribution < -0.4 is 10.6 Å². The van der Waals surface area contributed by atoms with Crippen molar-refractivity contribution < 1.29 is 9.59 Å². The summed E-state index contributed by atoms with van der Waals surface area (Å²) in [6.45, 7) is 7.16. The molecule has 1 heterocycles. The number of carbonyl (C=O) groups excluding carboxylic acids is 2. The quantitative estimate of drug-likeness (QED) is 0.857. The SMILES string of the molecule is CC(C)C(NC(=O)Cc1ccccc1)C(=O)N1CCCNCC1. The molecule has 1 aliphatic heterocycles. The standard InChI is InChI=1S/C18H27N3O2/c1-14(2)17(18(23)21-11-6-9-19-10-12-21)20-16(22)13-15-7-4-3-5-8-15/h3-5,7-8,14,17,19H,6,9-13H2,1-2H3,(H,20,22). The maximum absolute atomic E-state index is 12.8.